The number of aliphatic hydroxyl groups excluding tert-OH is 1. The van der Waals surface area contributed by atoms with E-state index in [-0.39, 0.29) is 0 Å². The predicted octanol–water partition coefficient (Wildman–Crippen LogP) is 3.45. The highest BCUT2D eigenvalue weighted by Gasteiger charge is 2.35. The van der Waals surface area contributed by atoms with E-state index in [1.54, 1.807) is 0 Å². The molecule has 0 saturated heterocycles. The summed E-state index contributed by atoms with van der Waals surface area (Å²) in [6.07, 6.45) is 3.90. The zero-order valence-corrected chi connectivity index (χ0v) is 11.2. The van der Waals surface area contributed by atoms with E-state index in [2.05, 4.69) is 36.7 Å². The fourth-order valence-electron chi connectivity index (χ4n) is 3.10. The van der Waals surface area contributed by atoms with Gasteiger partial charge in [-0.1, -0.05) is 36.7 Å². The van der Waals surface area contributed by atoms with Crippen LogP contribution < -0.4 is 0 Å². The quantitative estimate of drug-likeness (QED) is 0.773. The zero-order valence-electron chi connectivity index (χ0n) is 9.59. The van der Waals surface area contributed by atoms with Crippen molar-refractivity contribution < 1.29 is 5.11 Å². The maximum absolute atomic E-state index is 9.30. The van der Waals surface area contributed by atoms with Crippen molar-refractivity contribution in [3.05, 3.63) is 0 Å². The number of alkyl halides is 1. The Morgan fingerprint density at radius 2 is 2.07 bits per heavy atom. The first-order valence-corrected chi connectivity index (χ1v) is 6.77. The summed E-state index contributed by atoms with van der Waals surface area (Å²) in [5.41, 5.74) is 0.470. The molecule has 0 spiro atoms. The van der Waals surface area contributed by atoms with Crippen LogP contribution in [0.25, 0.3) is 0 Å². The fraction of sp³-hybridized carbons (Fsp3) is 1.00. The van der Waals surface area contributed by atoms with Crippen molar-refractivity contribution in [2.45, 2.75) is 40.0 Å². The third kappa shape index (κ3) is 3.23. The number of rotatable bonds is 3. The van der Waals surface area contributed by atoms with Gasteiger partial charge in [0.25, 0.3) is 0 Å². The van der Waals surface area contributed by atoms with Crippen LogP contribution in [0.4, 0.5) is 0 Å². The maximum atomic E-state index is 9.30. The van der Waals surface area contributed by atoms with Crippen LogP contribution >= 0.6 is 15.9 Å². The lowest BCUT2D eigenvalue weighted by atomic mass is 9.65. The monoisotopic (exact) mass is 262 g/mol. The molecule has 0 heterocycles. The van der Waals surface area contributed by atoms with Crippen molar-refractivity contribution in [3.8, 4) is 0 Å². The summed E-state index contributed by atoms with van der Waals surface area (Å²) in [4.78, 5) is 0. The molecule has 1 aliphatic rings. The minimum absolute atomic E-state index is 0.332. The van der Waals surface area contributed by atoms with Gasteiger partial charge in [0, 0.05) is 11.9 Å². The summed E-state index contributed by atoms with van der Waals surface area (Å²) in [5, 5.41) is 10.2. The van der Waals surface area contributed by atoms with Gasteiger partial charge in [0.1, 0.15) is 0 Å². The second-order valence-electron chi connectivity index (χ2n) is 5.77. The molecule has 0 aromatic rings. The fourth-order valence-corrected chi connectivity index (χ4v) is 3.84. The first-order valence-electron chi connectivity index (χ1n) is 5.65. The van der Waals surface area contributed by atoms with Crippen molar-refractivity contribution in [2.24, 2.45) is 23.2 Å². The van der Waals surface area contributed by atoms with Gasteiger partial charge in [0.2, 0.25) is 0 Å². The molecule has 3 unspecified atom stereocenters. The van der Waals surface area contributed by atoms with E-state index >= 15 is 0 Å². The molecule has 0 aromatic heterocycles. The van der Waals surface area contributed by atoms with Crippen LogP contribution in [0.1, 0.15) is 40.0 Å². The van der Waals surface area contributed by atoms with Crippen molar-refractivity contribution in [1.29, 1.82) is 0 Å². The molecule has 3 atom stereocenters. The van der Waals surface area contributed by atoms with Gasteiger partial charge in [-0.25, -0.2) is 0 Å². The molecule has 1 nitrogen and oxygen atoms in total. The standard InChI is InChI=1S/C12H23BrO/c1-9-4-10(11(7-13)8-14)6-12(2,3)5-9/h9-11,14H,4-8H2,1-3H3. The van der Waals surface area contributed by atoms with Gasteiger partial charge >= 0.3 is 0 Å². The van der Waals surface area contributed by atoms with Gasteiger partial charge in [-0.05, 0) is 42.4 Å². The summed E-state index contributed by atoms with van der Waals surface area (Å²) in [7, 11) is 0. The second kappa shape index (κ2) is 4.98. The maximum Gasteiger partial charge on any atom is 0.0469 e. The number of hydrogen-bond donors (Lipinski definition) is 1. The van der Waals surface area contributed by atoms with Crippen LogP contribution in [0.5, 0.6) is 0 Å². The topological polar surface area (TPSA) is 20.2 Å². The van der Waals surface area contributed by atoms with E-state index in [0.717, 1.165) is 11.2 Å². The van der Waals surface area contributed by atoms with Crippen LogP contribution in [0.15, 0.2) is 0 Å². The normalized spacial score (nSPS) is 34.1. The Bertz CT molecular complexity index is 175. The predicted molar refractivity (Wildman–Crippen MR) is 64.7 cm³/mol. The van der Waals surface area contributed by atoms with E-state index in [0.29, 0.717) is 23.9 Å². The van der Waals surface area contributed by atoms with E-state index in [1.807, 2.05) is 0 Å². The molecular formula is C12H23BrO. The Kier molecular flexibility index (Phi) is 4.45. The van der Waals surface area contributed by atoms with Crippen LogP contribution in [-0.4, -0.2) is 17.0 Å². The van der Waals surface area contributed by atoms with Crippen LogP contribution in [0.3, 0.4) is 0 Å². The molecule has 14 heavy (non-hydrogen) atoms. The summed E-state index contributed by atoms with van der Waals surface area (Å²) in [6.45, 7) is 7.39. The van der Waals surface area contributed by atoms with Crippen LogP contribution in [0, 0.1) is 23.2 Å². The van der Waals surface area contributed by atoms with Crippen molar-refractivity contribution in [2.75, 3.05) is 11.9 Å². The minimum atomic E-state index is 0.332. The smallest absolute Gasteiger partial charge is 0.0469 e. The van der Waals surface area contributed by atoms with Gasteiger partial charge in [-0.2, -0.15) is 0 Å². The summed E-state index contributed by atoms with van der Waals surface area (Å²) in [5.74, 6) is 1.98. The first-order chi connectivity index (χ1) is 6.48. The average molecular weight is 263 g/mol. The van der Waals surface area contributed by atoms with E-state index < -0.39 is 0 Å². The lowest BCUT2D eigenvalue weighted by molar-refractivity contribution is 0.0764. The van der Waals surface area contributed by atoms with E-state index in [1.165, 1.54) is 19.3 Å². The molecule has 1 saturated carbocycles. The molecule has 0 aliphatic heterocycles. The van der Waals surface area contributed by atoms with Crippen molar-refractivity contribution in [3.63, 3.8) is 0 Å². The zero-order chi connectivity index (χ0) is 10.8. The number of aliphatic hydroxyl groups is 1. The highest BCUT2D eigenvalue weighted by molar-refractivity contribution is 9.09. The molecule has 0 bridgehead atoms. The highest BCUT2D eigenvalue weighted by Crippen LogP contribution is 2.44. The second-order valence-corrected chi connectivity index (χ2v) is 6.42. The third-order valence-electron chi connectivity index (χ3n) is 3.52. The minimum Gasteiger partial charge on any atom is -0.396 e. The van der Waals surface area contributed by atoms with Crippen molar-refractivity contribution >= 4 is 15.9 Å². The van der Waals surface area contributed by atoms with Crippen LogP contribution in [-0.2, 0) is 0 Å². The molecule has 1 fully saturated rings. The Morgan fingerprint density at radius 1 is 1.43 bits per heavy atom. The molecule has 1 N–H and O–H groups in total. The van der Waals surface area contributed by atoms with Gasteiger partial charge in [0.05, 0.1) is 0 Å². The van der Waals surface area contributed by atoms with E-state index in [9.17, 15) is 5.11 Å². The summed E-state index contributed by atoms with van der Waals surface area (Å²) >= 11 is 3.51. The molecule has 0 radical (unpaired) electrons. The number of hydrogen-bond acceptors (Lipinski definition) is 1. The van der Waals surface area contributed by atoms with E-state index in [4.69, 9.17) is 0 Å². The SMILES string of the molecule is CC1CC(C(CO)CBr)CC(C)(C)C1. The molecule has 0 aromatic carbocycles. The Labute approximate surface area is 96.4 Å². The van der Waals surface area contributed by atoms with Gasteiger partial charge in [0.15, 0.2) is 0 Å². The molecular weight excluding hydrogens is 240 g/mol. The summed E-state index contributed by atoms with van der Waals surface area (Å²) < 4.78 is 0. The lowest BCUT2D eigenvalue weighted by Gasteiger charge is -2.41. The van der Waals surface area contributed by atoms with Crippen LogP contribution in [0.2, 0.25) is 0 Å². The summed E-state index contributed by atoms with van der Waals surface area (Å²) in [6, 6.07) is 0. The Morgan fingerprint density at radius 3 is 2.50 bits per heavy atom. The average Bonchev–Trinajstić information content (AvgIpc) is 2.02. The third-order valence-corrected chi connectivity index (χ3v) is 4.35. The van der Waals surface area contributed by atoms with Crippen molar-refractivity contribution in [1.82, 2.24) is 0 Å². The first kappa shape index (κ1) is 12.5. The molecule has 84 valence electrons. The largest absolute Gasteiger partial charge is 0.396 e. The molecule has 1 aliphatic carbocycles. The Hall–Kier alpha value is 0.440. The number of halogens is 1. The Balaban J connectivity index is 2.61. The molecule has 2 heteroatoms. The highest BCUT2D eigenvalue weighted by atomic mass is 79.9. The van der Waals surface area contributed by atoms with Gasteiger partial charge in [-0.15, -0.1) is 0 Å². The molecule has 0 amide bonds. The van der Waals surface area contributed by atoms with Gasteiger partial charge in [-0.3, -0.25) is 0 Å². The van der Waals surface area contributed by atoms with Gasteiger partial charge < -0.3 is 5.11 Å². The lowest BCUT2D eigenvalue weighted by Crippen LogP contribution is -2.33. The molecule has 1 rings (SSSR count).